The van der Waals surface area contributed by atoms with Crippen molar-refractivity contribution >= 4 is 27.3 Å². The molecule has 2 aliphatic rings. The van der Waals surface area contributed by atoms with E-state index in [4.69, 9.17) is 4.74 Å². The highest BCUT2D eigenvalue weighted by atomic mass is 79.9. The fraction of sp³-hybridized carbons (Fsp3) is 0.714. The lowest BCUT2D eigenvalue weighted by Gasteiger charge is -2.48. The zero-order valence-electron chi connectivity index (χ0n) is 10.6. The molecule has 2 fully saturated rings. The van der Waals surface area contributed by atoms with Crippen molar-refractivity contribution in [2.75, 3.05) is 6.61 Å². The van der Waals surface area contributed by atoms with Crippen LogP contribution in [-0.2, 0) is 4.74 Å². The minimum Gasteiger partial charge on any atom is -0.387 e. The Kier molecular flexibility index (Phi) is 3.56. The molecule has 1 saturated heterocycles. The molecule has 2 heterocycles. The second-order valence-corrected chi connectivity index (χ2v) is 7.78. The molecule has 2 nitrogen and oxygen atoms in total. The van der Waals surface area contributed by atoms with Crippen LogP contribution < -0.4 is 0 Å². The van der Waals surface area contributed by atoms with Crippen molar-refractivity contribution in [1.29, 1.82) is 0 Å². The van der Waals surface area contributed by atoms with Crippen LogP contribution in [0, 0.1) is 12.8 Å². The number of halogens is 1. The Morgan fingerprint density at radius 1 is 1.56 bits per heavy atom. The first-order chi connectivity index (χ1) is 8.60. The Morgan fingerprint density at radius 2 is 2.33 bits per heavy atom. The minimum absolute atomic E-state index is 0.118. The monoisotopic (exact) mass is 330 g/mol. The molecule has 18 heavy (non-hydrogen) atoms. The van der Waals surface area contributed by atoms with E-state index < -0.39 is 0 Å². The summed E-state index contributed by atoms with van der Waals surface area (Å²) in [6, 6.07) is 2.08. The highest BCUT2D eigenvalue weighted by molar-refractivity contribution is 9.10. The van der Waals surface area contributed by atoms with Gasteiger partial charge in [0, 0.05) is 20.8 Å². The van der Waals surface area contributed by atoms with Crippen LogP contribution in [0.4, 0.5) is 0 Å². The van der Waals surface area contributed by atoms with Gasteiger partial charge < -0.3 is 9.84 Å². The molecule has 100 valence electrons. The van der Waals surface area contributed by atoms with Crippen LogP contribution in [-0.4, -0.2) is 17.3 Å². The normalized spacial score (nSPS) is 28.1. The van der Waals surface area contributed by atoms with Crippen molar-refractivity contribution in [1.82, 2.24) is 0 Å². The van der Waals surface area contributed by atoms with E-state index in [1.807, 2.05) is 0 Å². The SMILES string of the molecule is Cc1sc(C(O)C2CCOC3(CCC3)C2)cc1Br. The number of aliphatic hydroxyl groups is 1. The first-order valence-corrected chi connectivity index (χ1v) is 8.28. The van der Waals surface area contributed by atoms with Crippen LogP contribution in [0.3, 0.4) is 0 Å². The third-order valence-corrected chi connectivity index (χ3v) is 6.62. The number of ether oxygens (including phenoxy) is 1. The zero-order chi connectivity index (χ0) is 12.8. The van der Waals surface area contributed by atoms with Crippen LogP contribution in [0.25, 0.3) is 0 Å². The maximum atomic E-state index is 10.6. The van der Waals surface area contributed by atoms with E-state index >= 15 is 0 Å². The van der Waals surface area contributed by atoms with E-state index in [0.29, 0.717) is 5.92 Å². The second-order valence-electron chi connectivity index (χ2n) is 5.64. The summed E-state index contributed by atoms with van der Waals surface area (Å²) >= 11 is 5.23. The topological polar surface area (TPSA) is 29.5 Å². The van der Waals surface area contributed by atoms with Gasteiger partial charge in [-0.25, -0.2) is 0 Å². The largest absolute Gasteiger partial charge is 0.387 e. The average molecular weight is 331 g/mol. The summed E-state index contributed by atoms with van der Waals surface area (Å²) in [5.74, 6) is 0.365. The van der Waals surface area contributed by atoms with Gasteiger partial charge >= 0.3 is 0 Å². The fourth-order valence-corrected chi connectivity index (χ4v) is 4.76. The zero-order valence-corrected chi connectivity index (χ0v) is 13.0. The highest BCUT2D eigenvalue weighted by Gasteiger charge is 2.44. The molecule has 3 rings (SSSR count). The predicted molar refractivity (Wildman–Crippen MR) is 77.0 cm³/mol. The lowest BCUT2D eigenvalue weighted by atomic mass is 9.71. The highest BCUT2D eigenvalue weighted by Crippen LogP contribution is 2.48. The summed E-state index contributed by atoms with van der Waals surface area (Å²) in [7, 11) is 0. The van der Waals surface area contributed by atoms with Gasteiger partial charge in [-0.2, -0.15) is 0 Å². The Balaban J connectivity index is 1.73. The number of aliphatic hydroxyl groups excluding tert-OH is 1. The molecule has 4 heteroatoms. The van der Waals surface area contributed by atoms with Crippen molar-refractivity contribution in [2.45, 2.75) is 50.7 Å². The molecule has 2 unspecified atom stereocenters. The maximum absolute atomic E-state index is 10.6. The van der Waals surface area contributed by atoms with Crippen molar-refractivity contribution in [3.63, 3.8) is 0 Å². The molecular formula is C14H19BrO2S. The number of aryl methyl sites for hydroxylation is 1. The van der Waals surface area contributed by atoms with Gasteiger partial charge in [-0.1, -0.05) is 0 Å². The smallest absolute Gasteiger partial charge is 0.0912 e. The molecule has 1 aliphatic heterocycles. The lowest BCUT2D eigenvalue weighted by molar-refractivity contribution is -0.157. The van der Waals surface area contributed by atoms with Crippen LogP contribution >= 0.6 is 27.3 Å². The summed E-state index contributed by atoms with van der Waals surface area (Å²) in [4.78, 5) is 2.34. The molecule has 1 aromatic rings. The average Bonchev–Trinajstić information content (AvgIpc) is 2.67. The Morgan fingerprint density at radius 3 is 2.89 bits per heavy atom. The lowest BCUT2D eigenvalue weighted by Crippen LogP contribution is -2.46. The summed E-state index contributed by atoms with van der Waals surface area (Å²) in [6.07, 6.45) is 5.35. The maximum Gasteiger partial charge on any atom is 0.0912 e. The molecule has 1 aliphatic carbocycles. The van der Waals surface area contributed by atoms with E-state index in [9.17, 15) is 5.11 Å². The molecular weight excluding hydrogens is 312 g/mol. The molecule has 0 aromatic carbocycles. The van der Waals surface area contributed by atoms with Gasteiger partial charge in [0.2, 0.25) is 0 Å². The molecule has 1 N–H and O–H groups in total. The van der Waals surface area contributed by atoms with E-state index in [0.717, 1.165) is 28.8 Å². The molecule has 1 saturated carbocycles. The third kappa shape index (κ3) is 2.28. The first-order valence-electron chi connectivity index (χ1n) is 6.67. The van der Waals surface area contributed by atoms with Crippen molar-refractivity contribution in [3.8, 4) is 0 Å². The number of rotatable bonds is 2. The molecule has 0 bridgehead atoms. The van der Waals surface area contributed by atoms with Gasteiger partial charge in [-0.05, 0) is 66.9 Å². The third-order valence-electron chi connectivity index (χ3n) is 4.41. The van der Waals surface area contributed by atoms with Crippen LogP contribution in [0.15, 0.2) is 10.5 Å². The van der Waals surface area contributed by atoms with Gasteiger partial charge in [0.05, 0.1) is 11.7 Å². The number of thiophene rings is 1. The van der Waals surface area contributed by atoms with Gasteiger partial charge in [-0.15, -0.1) is 11.3 Å². The Hall–Kier alpha value is 0.100. The van der Waals surface area contributed by atoms with Crippen LogP contribution in [0.1, 0.15) is 48.0 Å². The minimum atomic E-state index is -0.318. The molecule has 1 aromatic heterocycles. The Labute approximate surface area is 120 Å². The van der Waals surface area contributed by atoms with E-state index in [1.54, 1.807) is 11.3 Å². The Bertz CT molecular complexity index is 420. The number of hydrogen-bond acceptors (Lipinski definition) is 3. The van der Waals surface area contributed by atoms with Gasteiger partial charge in [0.15, 0.2) is 0 Å². The van der Waals surface area contributed by atoms with Crippen LogP contribution in [0.5, 0.6) is 0 Å². The summed E-state index contributed by atoms with van der Waals surface area (Å²) < 4.78 is 7.05. The number of hydrogen-bond donors (Lipinski definition) is 1. The van der Waals surface area contributed by atoms with Crippen LogP contribution in [0.2, 0.25) is 0 Å². The van der Waals surface area contributed by atoms with Gasteiger partial charge in [0.1, 0.15) is 0 Å². The van der Waals surface area contributed by atoms with Crippen molar-refractivity contribution in [2.24, 2.45) is 5.92 Å². The van der Waals surface area contributed by atoms with E-state index in [1.165, 1.54) is 24.1 Å². The molecule has 2 atom stereocenters. The van der Waals surface area contributed by atoms with Crippen molar-refractivity contribution in [3.05, 3.63) is 20.3 Å². The summed E-state index contributed by atoms with van der Waals surface area (Å²) in [5, 5.41) is 10.6. The van der Waals surface area contributed by atoms with Crippen molar-refractivity contribution < 1.29 is 9.84 Å². The molecule has 0 amide bonds. The van der Waals surface area contributed by atoms with E-state index in [2.05, 4.69) is 28.9 Å². The van der Waals surface area contributed by atoms with Gasteiger partial charge in [0.25, 0.3) is 0 Å². The van der Waals surface area contributed by atoms with Gasteiger partial charge in [-0.3, -0.25) is 0 Å². The quantitative estimate of drug-likeness (QED) is 0.880. The summed E-state index contributed by atoms with van der Waals surface area (Å²) in [6.45, 7) is 2.90. The first kappa shape index (κ1) is 13.1. The predicted octanol–water partition coefficient (Wildman–Crippen LogP) is 4.20. The molecule has 1 spiro atoms. The standard InChI is InChI=1S/C14H19BrO2S/c1-9-11(15)7-12(18-9)13(16)10-3-6-17-14(8-10)4-2-5-14/h7,10,13,16H,2-6,8H2,1H3. The second kappa shape index (κ2) is 4.89. The van der Waals surface area contributed by atoms with E-state index in [-0.39, 0.29) is 11.7 Å². The summed E-state index contributed by atoms with van der Waals surface area (Å²) in [5.41, 5.74) is 0.118. The fourth-order valence-electron chi connectivity index (χ4n) is 3.11. The molecule has 0 radical (unpaired) electrons.